The van der Waals surface area contributed by atoms with Crippen molar-refractivity contribution in [2.45, 2.75) is 109 Å². The highest BCUT2D eigenvalue weighted by Crippen LogP contribution is 2.19. The van der Waals surface area contributed by atoms with Gasteiger partial charge < -0.3 is 48.1 Å². The monoisotopic (exact) mass is 716 g/mol. The topological polar surface area (TPSA) is 255 Å². The fraction of sp³-hybridized carbons (Fsp3) is 0.629. The van der Waals surface area contributed by atoms with Gasteiger partial charge in [-0.15, -0.1) is 0 Å². The predicted octanol–water partition coefficient (Wildman–Crippen LogP) is -0.852. The minimum absolute atomic E-state index is 0.0644. The molecular formula is C35H56N8O8. The summed E-state index contributed by atoms with van der Waals surface area (Å²) in [6, 6.07) is 2.87. The molecule has 0 radical (unpaired) electrons. The lowest BCUT2D eigenvalue weighted by atomic mass is 9.99. The van der Waals surface area contributed by atoms with Gasteiger partial charge in [0.1, 0.15) is 36.8 Å². The zero-order valence-electron chi connectivity index (χ0n) is 30.3. The van der Waals surface area contributed by atoms with Crippen LogP contribution >= 0.6 is 0 Å². The van der Waals surface area contributed by atoms with Gasteiger partial charge >= 0.3 is 5.97 Å². The number of hydrogen-bond acceptors (Lipinski definition) is 9. The number of carboxylic acids is 1. The van der Waals surface area contributed by atoms with Crippen LogP contribution in [-0.2, 0) is 40.0 Å². The van der Waals surface area contributed by atoms with Gasteiger partial charge in [-0.1, -0.05) is 58.0 Å². The number of nitrogens with one attached hydrogen (secondary N) is 5. The van der Waals surface area contributed by atoms with Crippen LogP contribution in [0.2, 0.25) is 0 Å². The first-order valence-corrected chi connectivity index (χ1v) is 17.6. The Kier molecular flexibility index (Phi) is 17.5. The quantitative estimate of drug-likeness (QED) is 0.0776. The molecule has 51 heavy (non-hydrogen) atoms. The Balaban J connectivity index is 2.24. The molecule has 10 N–H and O–H groups in total. The van der Waals surface area contributed by atoms with Gasteiger partial charge in [0.05, 0.1) is 6.04 Å². The fourth-order valence-corrected chi connectivity index (χ4v) is 5.77. The number of carbonyl (C=O) groups is 7. The molecule has 0 aromatic heterocycles. The third kappa shape index (κ3) is 13.6. The number of hydrogen-bond donors (Lipinski definition) is 8. The first-order valence-electron chi connectivity index (χ1n) is 17.6. The van der Waals surface area contributed by atoms with E-state index in [1.165, 1.54) is 4.90 Å². The number of amides is 6. The average Bonchev–Trinajstić information content (AvgIpc) is 3.57. The second-order valence-corrected chi connectivity index (χ2v) is 13.6. The van der Waals surface area contributed by atoms with E-state index in [0.717, 1.165) is 0 Å². The molecule has 284 valence electrons. The van der Waals surface area contributed by atoms with Crippen LogP contribution in [0.25, 0.3) is 0 Å². The van der Waals surface area contributed by atoms with E-state index in [2.05, 4.69) is 26.6 Å². The summed E-state index contributed by atoms with van der Waals surface area (Å²) in [6.45, 7) is 8.53. The maximum absolute atomic E-state index is 13.8. The highest BCUT2D eigenvalue weighted by Gasteiger charge is 2.38. The normalized spacial score (nSPS) is 17.1. The lowest BCUT2D eigenvalue weighted by Gasteiger charge is -2.30. The van der Waals surface area contributed by atoms with Crippen molar-refractivity contribution in [2.24, 2.45) is 23.3 Å². The fourth-order valence-electron chi connectivity index (χ4n) is 5.77. The summed E-state index contributed by atoms with van der Waals surface area (Å²) >= 11 is 0. The van der Waals surface area contributed by atoms with Crippen LogP contribution in [0.5, 0.6) is 0 Å². The van der Waals surface area contributed by atoms with E-state index in [4.69, 9.17) is 16.6 Å². The van der Waals surface area contributed by atoms with Gasteiger partial charge in [0.15, 0.2) is 0 Å². The van der Waals surface area contributed by atoms with E-state index in [1.807, 2.05) is 0 Å². The Morgan fingerprint density at radius 3 is 1.94 bits per heavy atom. The van der Waals surface area contributed by atoms with E-state index in [9.17, 15) is 33.6 Å². The van der Waals surface area contributed by atoms with Gasteiger partial charge in [-0.05, 0) is 63.0 Å². The molecule has 1 aliphatic rings. The Bertz CT molecular complexity index is 1360. The van der Waals surface area contributed by atoms with Gasteiger partial charge in [0.2, 0.25) is 35.4 Å². The maximum atomic E-state index is 13.8. The second kappa shape index (κ2) is 20.9. The molecule has 0 spiro atoms. The van der Waals surface area contributed by atoms with E-state index in [0.29, 0.717) is 44.3 Å². The lowest BCUT2D eigenvalue weighted by molar-refractivity contribution is -0.140. The standard InChI is InChI=1S/C35H56N8O8/c1-20(2)28(34(50)40-25(30(46)38-19-27(44)45)18-23-12-7-6-8-13-23)41-31(47)24(14-9-10-16-36)39-33(49)29(21(3)4)42-32(48)26-15-11-17-43(26)35(51)22(5)37/h6-8,12-13,20-22,24-26,28-29H,9-11,14-19,36-37H2,1-5H3,(H,38,46)(H,39,49)(H,40,50)(H,41,47)(H,42,48)(H,44,45)/t22-,24-,25-,26-,28-,29-/m0/s1. The van der Waals surface area contributed by atoms with Gasteiger partial charge in [-0.2, -0.15) is 0 Å². The molecule has 1 heterocycles. The van der Waals surface area contributed by atoms with Gasteiger partial charge in [-0.3, -0.25) is 33.6 Å². The molecule has 16 heteroatoms. The van der Waals surface area contributed by atoms with Crippen LogP contribution in [0.1, 0.15) is 72.3 Å². The highest BCUT2D eigenvalue weighted by atomic mass is 16.4. The lowest BCUT2D eigenvalue weighted by Crippen LogP contribution is -2.61. The van der Waals surface area contributed by atoms with E-state index < -0.39 is 84.2 Å². The molecule has 1 aromatic carbocycles. The molecule has 16 nitrogen and oxygen atoms in total. The number of carbonyl (C=O) groups excluding carboxylic acids is 6. The molecule has 0 unspecified atom stereocenters. The number of rotatable bonds is 20. The molecule has 1 fully saturated rings. The van der Waals surface area contributed by atoms with Crippen LogP contribution in [0.15, 0.2) is 30.3 Å². The molecule has 1 saturated heterocycles. The van der Waals surface area contributed by atoms with Crippen molar-refractivity contribution in [2.75, 3.05) is 19.6 Å². The Morgan fingerprint density at radius 2 is 1.39 bits per heavy atom. The van der Waals surface area contributed by atoms with Crippen LogP contribution in [0, 0.1) is 11.8 Å². The summed E-state index contributed by atoms with van der Waals surface area (Å²) < 4.78 is 0. The van der Waals surface area contributed by atoms with Crippen molar-refractivity contribution in [1.29, 1.82) is 0 Å². The van der Waals surface area contributed by atoms with Crippen LogP contribution in [-0.4, -0.2) is 107 Å². The summed E-state index contributed by atoms with van der Waals surface area (Å²) in [4.78, 5) is 92.4. The average molecular weight is 717 g/mol. The number of unbranched alkanes of at least 4 members (excludes halogenated alkanes) is 1. The van der Waals surface area contributed by atoms with E-state index in [1.54, 1.807) is 65.0 Å². The van der Waals surface area contributed by atoms with Gasteiger partial charge in [0.25, 0.3) is 0 Å². The van der Waals surface area contributed by atoms with Crippen LogP contribution in [0.4, 0.5) is 0 Å². The van der Waals surface area contributed by atoms with Crippen molar-refractivity contribution in [1.82, 2.24) is 31.5 Å². The van der Waals surface area contributed by atoms with Crippen molar-refractivity contribution in [3.63, 3.8) is 0 Å². The third-order valence-electron chi connectivity index (χ3n) is 8.63. The van der Waals surface area contributed by atoms with E-state index in [-0.39, 0.29) is 24.7 Å². The predicted molar refractivity (Wildman–Crippen MR) is 189 cm³/mol. The molecule has 1 aromatic rings. The smallest absolute Gasteiger partial charge is 0.322 e. The molecule has 1 aliphatic heterocycles. The number of carboxylic acid groups (broad SMARTS) is 1. The molecule has 0 aliphatic carbocycles. The second-order valence-electron chi connectivity index (χ2n) is 13.6. The largest absolute Gasteiger partial charge is 0.480 e. The van der Waals surface area contributed by atoms with Crippen LogP contribution in [0.3, 0.4) is 0 Å². The third-order valence-corrected chi connectivity index (χ3v) is 8.63. The van der Waals surface area contributed by atoms with E-state index >= 15 is 0 Å². The van der Waals surface area contributed by atoms with Crippen molar-refractivity contribution < 1.29 is 38.7 Å². The number of aliphatic carboxylic acids is 1. The summed E-state index contributed by atoms with van der Waals surface area (Å²) in [5, 5.41) is 22.2. The summed E-state index contributed by atoms with van der Waals surface area (Å²) in [5.74, 6) is -5.58. The minimum Gasteiger partial charge on any atom is -0.480 e. The Labute approximate surface area is 299 Å². The van der Waals surface area contributed by atoms with Gasteiger partial charge in [0, 0.05) is 13.0 Å². The number of nitrogens with two attached hydrogens (primary N) is 2. The van der Waals surface area contributed by atoms with Crippen molar-refractivity contribution in [3.05, 3.63) is 35.9 Å². The molecule has 6 amide bonds. The highest BCUT2D eigenvalue weighted by molar-refractivity contribution is 5.97. The van der Waals surface area contributed by atoms with Gasteiger partial charge in [-0.25, -0.2) is 0 Å². The SMILES string of the molecule is CC(C)[C@H](NC(=O)[C@H](CCCCN)NC(=O)[C@@H](NC(=O)[C@@H]1CCCN1C(=O)[C@H](C)N)C(C)C)C(=O)N[C@@H](Cc1ccccc1)C(=O)NCC(=O)O. The van der Waals surface area contributed by atoms with Crippen molar-refractivity contribution >= 4 is 41.4 Å². The molecular weight excluding hydrogens is 660 g/mol. The Morgan fingerprint density at radius 1 is 0.804 bits per heavy atom. The first-order chi connectivity index (χ1) is 24.1. The minimum atomic E-state index is -1.25. The molecule has 2 rings (SSSR count). The number of benzene rings is 1. The number of nitrogens with zero attached hydrogens (tertiary/aromatic N) is 1. The summed E-state index contributed by atoms with van der Waals surface area (Å²) in [5.41, 5.74) is 12.2. The van der Waals surface area contributed by atoms with Crippen molar-refractivity contribution in [3.8, 4) is 0 Å². The first kappa shape index (κ1) is 42.6. The van der Waals surface area contributed by atoms with Crippen LogP contribution < -0.4 is 38.1 Å². The molecule has 0 bridgehead atoms. The maximum Gasteiger partial charge on any atom is 0.322 e. The summed E-state index contributed by atoms with van der Waals surface area (Å²) in [7, 11) is 0. The molecule has 6 atom stereocenters. The zero-order chi connectivity index (χ0) is 38.2. The summed E-state index contributed by atoms with van der Waals surface area (Å²) in [6.07, 6.45) is 2.33. The number of likely N-dealkylation sites (tertiary alicyclic amines) is 1. The zero-order valence-corrected chi connectivity index (χ0v) is 30.3. The molecule has 0 saturated carbocycles. The Hall–Kier alpha value is -4.57.